The monoisotopic (exact) mass is 454 g/mol. The molecule has 0 aliphatic carbocycles. The lowest BCUT2D eigenvalue weighted by atomic mass is 9.86. The van der Waals surface area contributed by atoms with Gasteiger partial charge in [-0.1, -0.05) is 26.0 Å². The van der Waals surface area contributed by atoms with E-state index in [4.69, 9.17) is 15.2 Å². The van der Waals surface area contributed by atoms with E-state index in [0.29, 0.717) is 17.9 Å². The Morgan fingerprint density at radius 1 is 1.24 bits per heavy atom. The molecule has 1 aliphatic rings. The summed E-state index contributed by atoms with van der Waals surface area (Å²) in [5, 5.41) is 3.97. The molecule has 172 valence electrons. The smallest absolute Gasteiger partial charge is 0.352 e. The molecule has 1 aromatic heterocycles. The van der Waals surface area contributed by atoms with Crippen LogP contribution in [-0.2, 0) is 23.2 Å². The molecule has 0 fully saturated rings. The van der Waals surface area contributed by atoms with E-state index in [0.717, 1.165) is 20.9 Å². The van der Waals surface area contributed by atoms with Gasteiger partial charge in [-0.05, 0) is 35.4 Å². The van der Waals surface area contributed by atoms with E-state index < -0.39 is 23.0 Å². The van der Waals surface area contributed by atoms with E-state index in [2.05, 4.69) is 18.9 Å². The van der Waals surface area contributed by atoms with Crippen molar-refractivity contribution < 1.29 is 18.7 Å². The maximum atomic E-state index is 14.1. The van der Waals surface area contributed by atoms with Gasteiger partial charge in [0.25, 0.3) is 5.88 Å². The Morgan fingerprint density at radius 2 is 2.00 bits per heavy atom. The van der Waals surface area contributed by atoms with Crippen LogP contribution in [0.1, 0.15) is 30.5 Å². The van der Waals surface area contributed by atoms with E-state index in [9.17, 15) is 18.8 Å². The van der Waals surface area contributed by atoms with Gasteiger partial charge in [0.1, 0.15) is 11.6 Å². The summed E-state index contributed by atoms with van der Waals surface area (Å²) >= 11 is 0. The lowest BCUT2D eigenvalue weighted by molar-refractivity contribution is -0.117. The molecular weight excluding hydrogens is 431 g/mol. The number of amides is 1. The molecule has 0 radical (unpaired) electrons. The summed E-state index contributed by atoms with van der Waals surface area (Å²) in [6, 6.07) is 9.26. The second kappa shape index (κ2) is 8.19. The van der Waals surface area contributed by atoms with Crippen molar-refractivity contribution in [2.24, 2.45) is 5.73 Å². The molecule has 0 spiro atoms. The molecule has 0 atom stereocenters. The second-order valence-corrected chi connectivity index (χ2v) is 8.52. The first-order chi connectivity index (χ1) is 15.6. The number of nitrogens with two attached hydrogens (primary N) is 1. The number of rotatable bonds is 6. The van der Waals surface area contributed by atoms with Gasteiger partial charge in [-0.3, -0.25) is 9.59 Å². The predicted octanol–water partition coefficient (Wildman–Crippen LogP) is 1.29. The number of hydrogen-bond donors (Lipinski definition) is 1. The third-order valence-corrected chi connectivity index (χ3v) is 5.57. The summed E-state index contributed by atoms with van der Waals surface area (Å²) in [6.45, 7) is 4.64. The molecular formula is C23H23FN4O5. The van der Waals surface area contributed by atoms with Crippen LogP contribution >= 0.6 is 0 Å². The number of carbonyl (C=O) groups excluding carboxylic acids is 1. The van der Waals surface area contributed by atoms with Crippen LogP contribution in [0.2, 0.25) is 0 Å². The maximum absolute atomic E-state index is 14.1. The Bertz CT molecular complexity index is 1380. The van der Waals surface area contributed by atoms with Crippen molar-refractivity contribution in [3.63, 3.8) is 0 Å². The molecule has 2 heterocycles. The van der Waals surface area contributed by atoms with Crippen LogP contribution in [-0.4, -0.2) is 34.0 Å². The molecule has 1 aliphatic heterocycles. The van der Waals surface area contributed by atoms with Crippen LogP contribution in [0.25, 0.3) is 5.69 Å². The third kappa shape index (κ3) is 4.11. The van der Waals surface area contributed by atoms with Gasteiger partial charge in [-0.2, -0.15) is 4.68 Å². The third-order valence-electron chi connectivity index (χ3n) is 5.57. The van der Waals surface area contributed by atoms with Crippen molar-refractivity contribution in [1.82, 2.24) is 14.3 Å². The first-order valence-corrected chi connectivity index (χ1v) is 10.2. The standard InChI is InChI=1S/C23H23FN4O5/c1-23(2)12-33-18-8-13(4-6-16(18)23)11-27-21(30)20(32-3)26-28(22(27)31)15-5-7-17(24)14(9-15)10-19(25)29/h4-9H,10-12H2,1-3H3,(H2,25,29). The first-order valence-electron chi connectivity index (χ1n) is 10.2. The average molecular weight is 454 g/mol. The minimum absolute atomic E-state index is 0.00352. The Hall–Kier alpha value is -3.95. The molecule has 1 amide bonds. The molecule has 10 heteroatoms. The van der Waals surface area contributed by atoms with Crippen molar-refractivity contribution in [2.45, 2.75) is 32.2 Å². The molecule has 0 bridgehead atoms. The normalized spacial score (nSPS) is 13.9. The zero-order valence-electron chi connectivity index (χ0n) is 18.4. The van der Waals surface area contributed by atoms with Crippen LogP contribution in [0, 0.1) is 5.82 Å². The van der Waals surface area contributed by atoms with Gasteiger partial charge in [-0.15, -0.1) is 5.10 Å². The first kappa shape index (κ1) is 22.3. The highest BCUT2D eigenvalue weighted by molar-refractivity contribution is 5.76. The van der Waals surface area contributed by atoms with Gasteiger partial charge in [0.2, 0.25) is 5.91 Å². The molecule has 4 rings (SSSR count). The van der Waals surface area contributed by atoms with Crippen LogP contribution in [0.3, 0.4) is 0 Å². The molecule has 9 nitrogen and oxygen atoms in total. The number of methoxy groups -OCH3 is 1. The fraction of sp³-hybridized carbons (Fsp3) is 0.304. The topological polar surface area (TPSA) is 118 Å². The highest BCUT2D eigenvalue weighted by Crippen LogP contribution is 2.38. The highest BCUT2D eigenvalue weighted by atomic mass is 19.1. The van der Waals surface area contributed by atoms with Gasteiger partial charge in [0, 0.05) is 11.0 Å². The number of fused-ring (bicyclic) bond motifs is 1. The van der Waals surface area contributed by atoms with Crippen molar-refractivity contribution in [1.29, 1.82) is 0 Å². The number of nitrogens with zero attached hydrogens (tertiary/aromatic N) is 3. The van der Waals surface area contributed by atoms with Gasteiger partial charge in [0.05, 0.1) is 32.4 Å². The van der Waals surface area contributed by atoms with Crippen LogP contribution in [0.4, 0.5) is 4.39 Å². The summed E-state index contributed by atoms with van der Waals surface area (Å²) in [4.78, 5) is 37.3. The lowest BCUT2D eigenvalue weighted by Gasteiger charge is -2.15. The van der Waals surface area contributed by atoms with Crippen molar-refractivity contribution in [3.05, 3.63) is 79.7 Å². The largest absolute Gasteiger partial charge is 0.492 e. The van der Waals surface area contributed by atoms with E-state index in [1.165, 1.54) is 19.2 Å². The summed E-state index contributed by atoms with van der Waals surface area (Å²) in [5.41, 5.74) is 5.49. The second-order valence-electron chi connectivity index (χ2n) is 8.52. The van der Waals surface area contributed by atoms with Gasteiger partial charge in [0.15, 0.2) is 0 Å². The lowest BCUT2D eigenvalue weighted by Crippen LogP contribution is -2.41. The minimum Gasteiger partial charge on any atom is -0.492 e. The zero-order chi connectivity index (χ0) is 23.9. The van der Waals surface area contributed by atoms with E-state index in [1.807, 2.05) is 12.1 Å². The summed E-state index contributed by atoms with van der Waals surface area (Å²) < 4.78 is 26.8. The summed E-state index contributed by atoms with van der Waals surface area (Å²) in [5.74, 6) is -0.974. The van der Waals surface area contributed by atoms with Gasteiger partial charge >= 0.3 is 11.2 Å². The molecule has 2 aromatic carbocycles. The molecule has 3 aromatic rings. The molecule has 2 N–H and O–H groups in total. The fourth-order valence-corrected chi connectivity index (χ4v) is 3.81. The predicted molar refractivity (Wildman–Crippen MR) is 118 cm³/mol. The Morgan fingerprint density at radius 3 is 2.70 bits per heavy atom. The van der Waals surface area contributed by atoms with E-state index in [1.54, 1.807) is 6.07 Å². The maximum Gasteiger partial charge on any atom is 0.352 e. The highest BCUT2D eigenvalue weighted by Gasteiger charge is 2.31. The summed E-state index contributed by atoms with van der Waals surface area (Å²) in [6.07, 6.45) is -0.351. The number of carbonyl (C=O) groups is 1. The van der Waals surface area contributed by atoms with Gasteiger partial charge < -0.3 is 15.2 Å². The van der Waals surface area contributed by atoms with Crippen LogP contribution in [0.5, 0.6) is 11.6 Å². The van der Waals surface area contributed by atoms with E-state index >= 15 is 0 Å². The van der Waals surface area contributed by atoms with Crippen molar-refractivity contribution >= 4 is 5.91 Å². The number of aromatic nitrogens is 3. The summed E-state index contributed by atoms with van der Waals surface area (Å²) in [7, 11) is 1.26. The van der Waals surface area contributed by atoms with Crippen LogP contribution < -0.4 is 26.5 Å². The molecule has 0 saturated heterocycles. The molecule has 0 saturated carbocycles. The van der Waals surface area contributed by atoms with Crippen molar-refractivity contribution in [3.8, 4) is 17.3 Å². The number of ether oxygens (including phenoxy) is 2. The minimum atomic E-state index is -0.751. The Kier molecular flexibility index (Phi) is 5.52. The Labute approximate surface area is 188 Å². The van der Waals surface area contributed by atoms with Crippen LogP contribution in [0.15, 0.2) is 46.0 Å². The quantitative estimate of drug-likeness (QED) is 0.600. The number of hydrogen-bond acceptors (Lipinski definition) is 6. The number of benzene rings is 2. The molecule has 33 heavy (non-hydrogen) atoms. The van der Waals surface area contributed by atoms with Crippen molar-refractivity contribution in [2.75, 3.05) is 13.7 Å². The number of primary amides is 1. The number of halogens is 1. The van der Waals surface area contributed by atoms with Gasteiger partial charge in [-0.25, -0.2) is 13.8 Å². The van der Waals surface area contributed by atoms with E-state index in [-0.39, 0.29) is 35.5 Å². The zero-order valence-corrected chi connectivity index (χ0v) is 18.4. The molecule has 0 unspecified atom stereocenters. The Balaban J connectivity index is 1.80. The average Bonchev–Trinajstić information content (AvgIpc) is 3.07. The SMILES string of the molecule is COc1nn(-c2ccc(F)c(CC(N)=O)c2)c(=O)n(Cc2ccc3c(c2)OCC3(C)C)c1=O. The fourth-order valence-electron chi connectivity index (χ4n) is 3.81.